The van der Waals surface area contributed by atoms with Crippen molar-refractivity contribution in [2.45, 2.75) is 13.5 Å². The third-order valence-electron chi connectivity index (χ3n) is 5.94. The average Bonchev–Trinajstić information content (AvgIpc) is 3.10. The summed E-state index contributed by atoms with van der Waals surface area (Å²) in [6, 6.07) is 18.5. The highest BCUT2D eigenvalue weighted by molar-refractivity contribution is 5.97. The number of benzene rings is 2. The van der Waals surface area contributed by atoms with E-state index >= 15 is 0 Å². The monoisotopic (exact) mass is 418 g/mol. The Morgan fingerprint density at radius 3 is 2.26 bits per heavy atom. The molecule has 7 heteroatoms. The molecule has 0 spiro atoms. The van der Waals surface area contributed by atoms with E-state index in [1.165, 1.54) is 12.1 Å². The Morgan fingerprint density at radius 1 is 1.00 bits per heavy atom. The van der Waals surface area contributed by atoms with Crippen molar-refractivity contribution in [3.8, 4) is 11.3 Å². The number of carbonyl (C=O) groups excluding carboxylic acids is 1. The van der Waals surface area contributed by atoms with Crippen molar-refractivity contribution < 1.29 is 9.72 Å². The lowest BCUT2D eigenvalue weighted by molar-refractivity contribution is -0.384. The Labute approximate surface area is 181 Å². The van der Waals surface area contributed by atoms with E-state index < -0.39 is 4.92 Å². The number of nitrogens with zero attached hydrogens (tertiary/aromatic N) is 4. The van der Waals surface area contributed by atoms with Gasteiger partial charge in [-0.05, 0) is 43.3 Å². The summed E-state index contributed by atoms with van der Waals surface area (Å²) in [5.41, 5.74) is 4.50. The van der Waals surface area contributed by atoms with Gasteiger partial charge in [0.1, 0.15) is 0 Å². The van der Waals surface area contributed by atoms with Crippen molar-refractivity contribution in [2.75, 3.05) is 33.2 Å². The van der Waals surface area contributed by atoms with Gasteiger partial charge in [-0.15, -0.1) is 0 Å². The summed E-state index contributed by atoms with van der Waals surface area (Å²) in [5, 5.41) is 11.0. The number of nitro groups is 1. The van der Waals surface area contributed by atoms with Crippen LogP contribution in [-0.4, -0.2) is 58.4 Å². The zero-order valence-corrected chi connectivity index (χ0v) is 17.8. The van der Waals surface area contributed by atoms with E-state index in [9.17, 15) is 14.9 Å². The van der Waals surface area contributed by atoms with Crippen LogP contribution in [-0.2, 0) is 6.54 Å². The Bertz CT molecular complexity index is 1080. The third-order valence-corrected chi connectivity index (χ3v) is 5.94. The molecule has 1 fully saturated rings. The van der Waals surface area contributed by atoms with E-state index in [1.807, 2.05) is 36.1 Å². The zero-order valence-electron chi connectivity index (χ0n) is 17.8. The maximum atomic E-state index is 13.3. The first-order chi connectivity index (χ1) is 14.9. The zero-order chi connectivity index (χ0) is 22.0. The van der Waals surface area contributed by atoms with E-state index in [0.29, 0.717) is 25.2 Å². The number of hydrogen-bond donors (Lipinski definition) is 0. The van der Waals surface area contributed by atoms with Gasteiger partial charge in [0, 0.05) is 56.2 Å². The second kappa shape index (κ2) is 8.73. The molecular weight excluding hydrogens is 392 g/mol. The highest BCUT2D eigenvalue weighted by Crippen LogP contribution is 2.29. The second-order valence-electron chi connectivity index (χ2n) is 8.00. The van der Waals surface area contributed by atoms with Gasteiger partial charge in [0.2, 0.25) is 0 Å². The maximum Gasteiger partial charge on any atom is 0.269 e. The van der Waals surface area contributed by atoms with Crippen LogP contribution in [0.5, 0.6) is 0 Å². The van der Waals surface area contributed by atoms with E-state index in [4.69, 9.17) is 0 Å². The smallest absolute Gasteiger partial charge is 0.269 e. The number of carbonyl (C=O) groups is 1. The quantitative estimate of drug-likeness (QED) is 0.467. The second-order valence-corrected chi connectivity index (χ2v) is 8.00. The molecule has 1 aliphatic heterocycles. The van der Waals surface area contributed by atoms with Crippen molar-refractivity contribution in [3.63, 3.8) is 0 Å². The summed E-state index contributed by atoms with van der Waals surface area (Å²) < 4.78 is 2.12. The van der Waals surface area contributed by atoms with Crippen LogP contribution < -0.4 is 0 Å². The molecule has 160 valence electrons. The highest BCUT2D eigenvalue weighted by Gasteiger charge is 2.25. The molecule has 1 amide bonds. The standard InChI is InChI=1S/C24H26N4O3/c1-18-22(24(29)26-14-12-25(2)13-15-26)16-23(20-8-10-21(11-9-20)28(30)31)27(18)17-19-6-4-3-5-7-19/h3-11,16H,12-15,17H2,1-2H3. The van der Waals surface area contributed by atoms with Gasteiger partial charge in [0.15, 0.2) is 0 Å². The fourth-order valence-electron chi connectivity index (χ4n) is 4.00. The van der Waals surface area contributed by atoms with E-state index in [-0.39, 0.29) is 11.6 Å². The molecule has 0 unspecified atom stereocenters. The predicted molar refractivity (Wildman–Crippen MR) is 120 cm³/mol. The molecule has 0 atom stereocenters. The number of aromatic nitrogens is 1. The van der Waals surface area contributed by atoms with Gasteiger partial charge >= 0.3 is 0 Å². The number of rotatable bonds is 5. The normalized spacial score (nSPS) is 14.6. The van der Waals surface area contributed by atoms with Crippen molar-refractivity contribution in [3.05, 3.63) is 87.6 Å². The first-order valence-electron chi connectivity index (χ1n) is 10.4. The third kappa shape index (κ3) is 4.36. The largest absolute Gasteiger partial charge is 0.340 e. The molecule has 0 radical (unpaired) electrons. The van der Waals surface area contributed by atoms with Crippen molar-refractivity contribution in [2.24, 2.45) is 0 Å². The number of non-ortho nitro benzene ring substituents is 1. The first kappa shape index (κ1) is 20.8. The van der Waals surface area contributed by atoms with Gasteiger partial charge in [0.05, 0.1) is 10.5 Å². The van der Waals surface area contributed by atoms with Crippen LogP contribution in [0.1, 0.15) is 21.6 Å². The van der Waals surface area contributed by atoms with Crippen molar-refractivity contribution in [1.82, 2.24) is 14.4 Å². The summed E-state index contributed by atoms with van der Waals surface area (Å²) in [5.74, 6) is 0.0422. The molecule has 4 rings (SSSR count). The SMILES string of the molecule is Cc1c(C(=O)N2CCN(C)CC2)cc(-c2ccc([N+](=O)[O-])cc2)n1Cc1ccccc1. The van der Waals surface area contributed by atoms with Crippen LogP contribution in [0.2, 0.25) is 0 Å². The van der Waals surface area contributed by atoms with Gasteiger partial charge in [-0.1, -0.05) is 30.3 Å². The average molecular weight is 418 g/mol. The van der Waals surface area contributed by atoms with Crippen molar-refractivity contribution >= 4 is 11.6 Å². The number of amides is 1. The minimum absolute atomic E-state index is 0.0422. The lowest BCUT2D eigenvalue weighted by Gasteiger charge is -2.32. The fourth-order valence-corrected chi connectivity index (χ4v) is 4.00. The van der Waals surface area contributed by atoms with Gasteiger partial charge < -0.3 is 14.4 Å². The van der Waals surface area contributed by atoms with Crippen LogP contribution in [0, 0.1) is 17.0 Å². The Kier molecular flexibility index (Phi) is 5.86. The lowest BCUT2D eigenvalue weighted by atomic mass is 10.1. The van der Waals surface area contributed by atoms with Crippen molar-refractivity contribution in [1.29, 1.82) is 0 Å². The molecule has 7 nitrogen and oxygen atoms in total. The first-order valence-corrected chi connectivity index (χ1v) is 10.4. The van der Waals surface area contributed by atoms with Crippen LogP contribution in [0.3, 0.4) is 0 Å². The minimum atomic E-state index is -0.402. The van der Waals surface area contributed by atoms with E-state index in [0.717, 1.165) is 35.6 Å². The van der Waals surface area contributed by atoms with E-state index in [1.54, 1.807) is 12.1 Å². The molecule has 0 saturated carbocycles. The summed E-state index contributed by atoms with van der Waals surface area (Å²) in [6.45, 7) is 5.75. The molecule has 0 aliphatic carbocycles. The number of likely N-dealkylation sites (N-methyl/N-ethyl adjacent to an activating group) is 1. The molecule has 0 bridgehead atoms. The molecule has 31 heavy (non-hydrogen) atoms. The number of piperazine rings is 1. The molecular formula is C24H26N4O3. The molecule has 3 aromatic rings. The minimum Gasteiger partial charge on any atom is -0.340 e. The number of hydrogen-bond acceptors (Lipinski definition) is 4. The maximum absolute atomic E-state index is 13.3. The molecule has 1 saturated heterocycles. The number of nitro benzene ring substituents is 1. The van der Waals surface area contributed by atoms with Gasteiger partial charge in [-0.3, -0.25) is 14.9 Å². The lowest BCUT2D eigenvalue weighted by Crippen LogP contribution is -2.47. The Morgan fingerprint density at radius 2 is 1.65 bits per heavy atom. The molecule has 1 aromatic heterocycles. The van der Waals surface area contributed by atoms with Crippen LogP contribution in [0.15, 0.2) is 60.7 Å². The molecule has 1 aliphatic rings. The predicted octanol–water partition coefficient (Wildman–Crippen LogP) is 3.81. The van der Waals surface area contributed by atoms with Gasteiger partial charge in [-0.2, -0.15) is 0 Å². The Hall–Kier alpha value is -3.45. The summed E-state index contributed by atoms with van der Waals surface area (Å²) >= 11 is 0. The van der Waals surface area contributed by atoms with Crippen LogP contribution in [0.25, 0.3) is 11.3 Å². The molecule has 0 N–H and O–H groups in total. The topological polar surface area (TPSA) is 71.6 Å². The van der Waals surface area contributed by atoms with Crippen LogP contribution in [0.4, 0.5) is 5.69 Å². The Balaban J connectivity index is 1.74. The van der Waals surface area contributed by atoms with Gasteiger partial charge in [0.25, 0.3) is 11.6 Å². The van der Waals surface area contributed by atoms with Crippen LogP contribution >= 0.6 is 0 Å². The fraction of sp³-hybridized carbons (Fsp3) is 0.292. The summed E-state index contributed by atoms with van der Waals surface area (Å²) in [6.07, 6.45) is 0. The molecule has 2 aromatic carbocycles. The highest BCUT2D eigenvalue weighted by atomic mass is 16.6. The summed E-state index contributed by atoms with van der Waals surface area (Å²) in [4.78, 5) is 28.1. The molecule has 2 heterocycles. The van der Waals surface area contributed by atoms with Gasteiger partial charge in [-0.25, -0.2) is 0 Å². The van der Waals surface area contributed by atoms with E-state index in [2.05, 4.69) is 28.6 Å². The summed E-state index contributed by atoms with van der Waals surface area (Å²) in [7, 11) is 2.07.